The molecule has 6 rings (SSSR count). The number of carbonyl (C=O) groups is 1. The number of hydrogen-bond donors (Lipinski definition) is 0. The van der Waals surface area contributed by atoms with Crippen molar-refractivity contribution in [2.75, 3.05) is 6.61 Å². The average Bonchev–Trinajstić information content (AvgIpc) is 3.15. The van der Waals surface area contributed by atoms with Gasteiger partial charge in [0.15, 0.2) is 25.2 Å². The highest BCUT2D eigenvalue weighted by Gasteiger charge is 2.69. The van der Waals surface area contributed by atoms with Gasteiger partial charge in [-0.15, -0.1) is 0 Å². The summed E-state index contributed by atoms with van der Waals surface area (Å²) in [5, 5.41) is 0. The summed E-state index contributed by atoms with van der Waals surface area (Å²) in [6.45, 7) is 0.745. The van der Waals surface area contributed by atoms with Crippen molar-refractivity contribution in [1.82, 2.24) is 0 Å². The van der Waals surface area contributed by atoms with Crippen molar-refractivity contribution in [2.24, 2.45) is 29.6 Å². The second-order valence-corrected chi connectivity index (χ2v) is 6.80. The van der Waals surface area contributed by atoms with E-state index in [1.54, 1.807) is 0 Å². The highest BCUT2D eigenvalue weighted by molar-refractivity contribution is 5.72. The van der Waals surface area contributed by atoms with E-state index in [4.69, 9.17) is 28.4 Å². The van der Waals surface area contributed by atoms with E-state index in [-0.39, 0.29) is 54.8 Å². The Kier molecular flexibility index (Phi) is 2.12. The second kappa shape index (κ2) is 3.78. The van der Waals surface area contributed by atoms with Crippen molar-refractivity contribution in [1.29, 1.82) is 0 Å². The fraction of sp³-hybridized carbons (Fsp3) is 0.929. The van der Waals surface area contributed by atoms with Gasteiger partial charge >= 0.3 is 5.97 Å². The highest BCUT2D eigenvalue weighted by atomic mass is 16.9. The van der Waals surface area contributed by atoms with E-state index in [9.17, 15) is 4.79 Å². The normalized spacial score (nSPS) is 63.1. The van der Waals surface area contributed by atoms with E-state index in [2.05, 4.69) is 0 Å². The van der Waals surface area contributed by atoms with E-state index < -0.39 is 6.29 Å². The quantitative estimate of drug-likeness (QED) is 0.591. The second-order valence-electron chi connectivity index (χ2n) is 6.80. The van der Waals surface area contributed by atoms with Crippen molar-refractivity contribution >= 4 is 5.97 Å². The summed E-state index contributed by atoms with van der Waals surface area (Å²) >= 11 is 0. The Hall–Kier alpha value is -0.730. The van der Waals surface area contributed by atoms with Crippen molar-refractivity contribution in [3.8, 4) is 0 Å². The summed E-state index contributed by atoms with van der Waals surface area (Å²) in [5.74, 6) is 0.916. The Bertz CT molecular complexity index is 510. The fourth-order valence-electron chi connectivity index (χ4n) is 5.22. The van der Waals surface area contributed by atoms with Gasteiger partial charge in [0.25, 0.3) is 0 Å². The molecule has 6 saturated heterocycles. The van der Waals surface area contributed by atoms with E-state index in [0.717, 1.165) is 13.0 Å². The van der Waals surface area contributed by atoms with E-state index in [0.29, 0.717) is 12.3 Å². The molecule has 0 amide bonds. The minimum Gasteiger partial charge on any atom is -0.435 e. The van der Waals surface area contributed by atoms with Crippen LogP contribution in [-0.4, -0.2) is 44.0 Å². The van der Waals surface area contributed by atoms with Crippen LogP contribution in [0.4, 0.5) is 0 Å². The predicted molar refractivity (Wildman–Crippen MR) is 62.0 cm³/mol. The number of esters is 1. The molecule has 0 unspecified atom stereocenters. The Balaban J connectivity index is 1.36. The number of rotatable bonds is 0. The molecule has 10 atom stereocenters. The Morgan fingerprint density at radius 1 is 0.762 bits per heavy atom. The van der Waals surface area contributed by atoms with Crippen LogP contribution < -0.4 is 0 Å². The lowest BCUT2D eigenvalue weighted by Gasteiger charge is -2.24. The molecule has 7 heteroatoms. The first-order chi connectivity index (χ1) is 10.3. The maximum absolute atomic E-state index is 11.5. The highest BCUT2D eigenvalue weighted by Crippen LogP contribution is 2.60. The molecule has 7 nitrogen and oxygen atoms in total. The van der Waals surface area contributed by atoms with E-state index >= 15 is 0 Å². The Morgan fingerprint density at radius 3 is 2.29 bits per heavy atom. The van der Waals surface area contributed by atoms with Crippen molar-refractivity contribution < 1.29 is 33.2 Å². The molecule has 0 radical (unpaired) electrons. The van der Waals surface area contributed by atoms with Crippen LogP contribution >= 0.6 is 0 Å². The summed E-state index contributed by atoms with van der Waals surface area (Å²) in [4.78, 5) is 11.5. The van der Waals surface area contributed by atoms with Crippen LogP contribution in [-0.2, 0) is 33.2 Å². The van der Waals surface area contributed by atoms with E-state index in [1.165, 1.54) is 0 Å². The molecular weight excluding hydrogens is 280 g/mol. The molecular formula is C14H16O7. The lowest BCUT2D eigenvalue weighted by atomic mass is 9.72. The molecule has 21 heavy (non-hydrogen) atoms. The van der Waals surface area contributed by atoms with Gasteiger partial charge in [-0.3, -0.25) is 4.79 Å². The van der Waals surface area contributed by atoms with Crippen LogP contribution in [0, 0.1) is 29.6 Å². The average molecular weight is 296 g/mol. The predicted octanol–water partition coefficient (Wildman–Crippen LogP) is 0.186. The maximum Gasteiger partial charge on any atom is 0.308 e. The van der Waals surface area contributed by atoms with Crippen LogP contribution in [0.2, 0.25) is 0 Å². The minimum atomic E-state index is -0.439. The van der Waals surface area contributed by atoms with Crippen LogP contribution in [0.5, 0.6) is 0 Å². The van der Waals surface area contributed by atoms with Crippen molar-refractivity contribution in [3.05, 3.63) is 0 Å². The smallest absolute Gasteiger partial charge is 0.308 e. The van der Waals surface area contributed by atoms with Gasteiger partial charge in [-0.1, -0.05) is 0 Å². The fourth-order valence-corrected chi connectivity index (χ4v) is 5.22. The zero-order valence-corrected chi connectivity index (χ0v) is 11.3. The molecule has 0 aromatic rings. The SMILES string of the molecule is O=C1C[C@H]2[C@@H](O1)O[C@@H]1O[C@H]3O[C@@H]4O[C@H]5OCC[C@H]5[C@@H]4[C@H]3[C@@H]12. The summed E-state index contributed by atoms with van der Waals surface area (Å²) in [6, 6.07) is 0. The van der Waals surface area contributed by atoms with Gasteiger partial charge in [0.1, 0.15) is 0 Å². The first-order valence-corrected chi connectivity index (χ1v) is 7.72. The summed E-state index contributed by atoms with van der Waals surface area (Å²) in [6.07, 6.45) is -0.00138. The van der Waals surface area contributed by atoms with Crippen molar-refractivity contribution in [2.45, 2.75) is 44.3 Å². The van der Waals surface area contributed by atoms with Gasteiger partial charge in [-0.2, -0.15) is 0 Å². The molecule has 0 aliphatic carbocycles. The number of ether oxygens (including phenoxy) is 6. The molecule has 114 valence electrons. The number of hydrogen-bond acceptors (Lipinski definition) is 7. The van der Waals surface area contributed by atoms with Gasteiger partial charge in [0.05, 0.1) is 13.0 Å². The lowest BCUT2D eigenvalue weighted by Crippen LogP contribution is -2.32. The summed E-state index contributed by atoms with van der Waals surface area (Å²) in [7, 11) is 0. The molecule has 6 aliphatic rings. The molecule has 6 heterocycles. The third kappa shape index (κ3) is 1.35. The lowest BCUT2D eigenvalue weighted by molar-refractivity contribution is -0.275. The number of carbonyl (C=O) groups excluding carboxylic acids is 1. The molecule has 0 spiro atoms. The third-order valence-electron chi connectivity index (χ3n) is 5.98. The van der Waals surface area contributed by atoms with E-state index in [1.807, 2.05) is 0 Å². The van der Waals surface area contributed by atoms with Crippen molar-refractivity contribution in [3.63, 3.8) is 0 Å². The molecule has 6 aliphatic heterocycles. The molecule has 0 aromatic heterocycles. The molecule has 0 bridgehead atoms. The molecule has 0 saturated carbocycles. The largest absolute Gasteiger partial charge is 0.435 e. The van der Waals surface area contributed by atoms with Crippen LogP contribution in [0.25, 0.3) is 0 Å². The zero-order chi connectivity index (χ0) is 13.7. The van der Waals surface area contributed by atoms with Gasteiger partial charge in [-0.05, 0) is 6.42 Å². The van der Waals surface area contributed by atoms with Crippen LogP contribution in [0.1, 0.15) is 12.8 Å². The molecule has 6 fully saturated rings. The first kappa shape index (κ1) is 11.8. The van der Waals surface area contributed by atoms with Gasteiger partial charge in [0.2, 0.25) is 6.29 Å². The number of fused-ring (bicyclic) bond motifs is 9. The maximum atomic E-state index is 11.5. The monoisotopic (exact) mass is 296 g/mol. The topological polar surface area (TPSA) is 72.5 Å². The van der Waals surface area contributed by atoms with Crippen LogP contribution in [0.15, 0.2) is 0 Å². The van der Waals surface area contributed by atoms with Gasteiger partial charge < -0.3 is 28.4 Å². The van der Waals surface area contributed by atoms with Crippen LogP contribution in [0.3, 0.4) is 0 Å². The van der Waals surface area contributed by atoms with Gasteiger partial charge in [0, 0.05) is 29.6 Å². The minimum absolute atomic E-state index is 0.0845. The molecule has 0 aromatic carbocycles. The first-order valence-electron chi connectivity index (χ1n) is 7.72. The summed E-state index contributed by atoms with van der Waals surface area (Å²) < 4.78 is 34.3. The standard InChI is InChI=1S/C14H16O7/c15-6-3-5-8-9-7-4-1-2-16-10(4)18-12(7)20-14(9)21-13(8)19-11(5)17-6/h4-5,7-14H,1-3H2/t4-,5+,7+,8-,9-,10+,11-,12-,13+,14+/m0/s1. The Labute approximate surface area is 120 Å². The Morgan fingerprint density at radius 2 is 1.43 bits per heavy atom. The zero-order valence-electron chi connectivity index (χ0n) is 11.3. The third-order valence-corrected chi connectivity index (χ3v) is 5.98. The molecule has 0 N–H and O–H groups in total. The summed E-state index contributed by atoms with van der Waals surface area (Å²) in [5.41, 5.74) is 0. The van der Waals surface area contributed by atoms with Gasteiger partial charge in [-0.25, -0.2) is 0 Å².